The molecule has 2 aliphatic heterocycles. The molecule has 0 bridgehead atoms. The lowest BCUT2D eigenvalue weighted by Gasteiger charge is -2.16. The molecule has 4 rings (SSSR count). The number of anilines is 2. The van der Waals surface area contributed by atoms with Crippen LogP contribution in [0.4, 0.5) is 11.6 Å². The van der Waals surface area contributed by atoms with E-state index in [9.17, 15) is 4.79 Å². The Morgan fingerprint density at radius 3 is 2.61 bits per heavy atom. The SMILES string of the molecule is Cc1ccc(N2Cc3nc(N4CCCC4)ncc3C2=O)cc1C. The molecule has 5 nitrogen and oxygen atoms in total. The fourth-order valence-electron chi connectivity index (χ4n) is 3.24. The van der Waals surface area contributed by atoms with E-state index >= 15 is 0 Å². The first-order chi connectivity index (χ1) is 11.1. The number of aromatic nitrogens is 2. The Kier molecular flexibility index (Phi) is 3.29. The summed E-state index contributed by atoms with van der Waals surface area (Å²) in [6.45, 7) is 6.69. The number of hydrogen-bond acceptors (Lipinski definition) is 4. The number of carbonyl (C=O) groups excluding carboxylic acids is 1. The highest BCUT2D eigenvalue weighted by atomic mass is 16.2. The summed E-state index contributed by atoms with van der Waals surface area (Å²) >= 11 is 0. The van der Waals surface area contributed by atoms with Crippen LogP contribution in [-0.4, -0.2) is 29.0 Å². The van der Waals surface area contributed by atoms with Crippen LogP contribution in [0.25, 0.3) is 0 Å². The van der Waals surface area contributed by atoms with Crippen LogP contribution in [0.5, 0.6) is 0 Å². The lowest BCUT2D eigenvalue weighted by molar-refractivity contribution is 0.0996. The van der Waals surface area contributed by atoms with Crippen molar-refractivity contribution < 1.29 is 4.79 Å². The predicted molar refractivity (Wildman–Crippen MR) is 89.9 cm³/mol. The number of hydrogen-bond donors (Lipinski definition) is 0. The average Bonchev–Trinajstić information content (AvgIpc) is 3.18. The van der Waals surface area contributed by atoms with Gasteiger partial charge in [-0.25, -0.2) is 9.97 Å². The zero-order chi connectivity index (χ0) is 16.0. The first-order valence-electron chi connectivity index (χ1n) is 8.13. The second kappa shape index (κ2) is 5.33. The molecule has 1 aromatic heterocycles. The van der Waals surface area contributed by atoms with Crippen molar-refractivity contribution in [1.82, 2.24) is 9.97 Å². The van der Waals surface area contributed by atoms with Crippen LogP contribution in [0.15, 0.2) is 24.4 Å². The van der Waals surface area contributed by atoms with Gasteiger partial charge in [0.2, 0.25) is 5.95 Å². The van der Waals surface area contributed by atoms with Crippen molar-refractivity contribution in [3.8, 4) is 0 Å². The molecule has 0 atom stereocenters. The van der Waals surface area contributed by atoms with Gasteiger partial charge in [-0.1, -0.05) is 6.07 Å². The molecule has 118 valence electrons. The molecule has 3 heterocycles. The van der Waals surface area contributed by atoms with Gasteiger partial charge in [0.25, 0.3) is 5.91 Å². The van der Waals surface area contributed by atoms with E-state index in [-0.39, 0.29) is 5.91 Å². The zero-order valence-electron chi connectivity index (χ0n) is 13.5. The maximum Gasteiger partial charge on any atom is 0.262 e. The van der Waals surface area contributed by atoms with Crippen molar-refractivity contribution in [2.45, 2.75) is 33.2 Å². The molecular formula is C18H20N4O. The Balaban J connectivity index is 1.65. The highest BCUT2D eigenvalue weighted by Gasteiger charge is 2.31. The first kappa shape index (κ1) is 14.2. The number of fused-ring (bicyclic) bond motifs is 1. The summed E-state index contributed by atoms with van der Waals surface area (Å²) in [6, 6.07) is 6.12. The molecule has 0 aliphatic carbocycles. The van der Waals surface area contributed by atoms with Crippen molar-refractivity contribution in [3.63, 3.8) is 0 Å². The van der Waals surface area contributed by atoms with Crippen LogP contribution in [0.2, 0.25) is 0 Å². The third-order valence-corrected chi connectivity index (χ3v) is 4.83. The fraction of sp³-hybridized carbons (Fsp3) is 0.389. The predicted octanol–water partition coefficient (Wildman–Crippen LogP) is 2.85. The van der Waals surface area contributed by atoms with E-state index in [1.165, 1.54) is 24.0 Å². The minimum Gasteiger partial charge on any atom is -0.341 e. The van der Waals surface area contributed by atoms with E-state index in [0.717, 1.165) is 30.4 Å². The van der Waals surface area contributed by atoms with Gasteiger partial charge in [0.1, 0.15) is 0 Å². The second-order valence-electron chi connectivity index (χ2n) is 6.38. The highest BCUT2D eigenvalue weighted by molar-refractivity contribution is 6.09. The average molecular weight is 308 g/mol. The third-order valence-electron chi connectivity index (χ3n) is 4.83. The van der Waals surface area contributed by atoms with Gasteiger partial charge in [-0.05, 0) is 49.9 Å². The molecular weight excluding hydrogens is 288 g/mol. The molecule has 0 radical (unpaired) electrons. The van der Waals surface area contributed by atoms with Gasteiger partial charge in [0.15, 0.2) is 0 Å². The maximum atomic E-state index is 12.7. The molecule has 0 saturated carbocycles. The van der Waals surface area contributed by atoms with E-state index in [0.29, 0.717) is 12.1 Å². The summed E-state index contributed by atoms with van der Waals surface area (Å²) in [6.07, 6.45) is 4.07. The summed E-state index contributed by atoms with van der Waals surface area (Å²) in [4.78, 5) is 25.7. The van der Waals surface area contributed by atoms with Gasteiger partial charge < -0.3 is 9.80 Å². The molecule has 1 aromatic carbocycles. The lowest BCUT2D eigenvalue weighted by atomic mass is 10.1. The molecule has 0 unspecified atom stereocenters. The van der Waals surface area contributed by atoms with E-state index in [1.54, 1.807) is 11.1 Å². The van der Waals surface area contributed by atoms with E-state index in [4.69, 9.17) is 0 Å². The normalized spacial score (nSPS) is 17.0. The van der Waals surface area contributed by atoms with Crippen molar-refractivity contribution in [2.24, 2.45) is 0 Å². The maximum absolute atomic E-state index is 12.7. The van der Waals surface area contributed by atoms with Crippen LogP contribution in [0.1, 0.15) is 40.0 Å². The highest BCUT2D eigenvalue weighted by Crippen LogP contribution is 2.29. The monoisotopic (exact) mass is 308 g/mol. The minimum absolute atomic E-state index is 0.00350. The molecule has 2 aromatic rings. The van der Waals surface area contributed by atoms with Crippen molar-refractivity contribution in [3.05, 3.63) is 46.8 Å². The van der Waals surface area contributed by atoms with Crippen LogP contribution in [-0.2, 0) is 6.54 Å². The number of carbonyl (C=O) groups is 1. The fourth-order valence-corrected chi connectivity index (χ4v) is 3.24. The molecule has 2 aliphatic rings. The number of amides is 1. The minimum atomic E-state index is -0.00350. The Morgan fingerprint density at radius 2 is 1.87 bits per heavy atom. The largest absolute Gasteiger partial charge is 0.341 e. The molecule has 0 N–H and O–H groups in total. The smallest absolute Gasteiger partial charge is 0.262 e. The second-order valence-corrected chi connectivity index (χ2v) is 6.38. The third kappa shape index (κ3) is 2.36. The summed E-state index contributed by atoms with van der Waals surface area (Å²) in [5, 5.41) is 0. The lowest BCUT2D eigenvalue weighted by Crippen LogP contribution is -2.23. The number of aryl methyl sites for hydroxylation is 2. The van der Waals surface area contributed by atoms with Gasteiger partial charge in [0, 0.05) is 25.0 Å². The Morgan fingerprint density at radius 1 is 1.09 bits per heavy atom. The molecule has 0 spiro atoms. The Hall–Kier alpha value is -2.43. The quantitative estimate of drug-likeness (QED) is 0.856. The Labute approximate surface area is 136 Å². The van der Waals surface area contributed by atoms with E-state index in [1.807, 2.05) is 6.07 Å². The van der Waals surface area contributed by atoms with E-state index in [2.05, 4.69) is 40.8 Å². The van der Waals surface area contributed by atoms with Gasteiger partial charge in [-0.2, -0.15) is 0 Å². The summed E-state index contributed by atoms with van der Waals surface area (Å²) in [7, 11) is 0. The van der Waals surface area contributed by atoms with Gasteiger partial charge in [-0.3, -0.25) is 4.79 Å². The number of rotatable bonds is 2. The number of benzene rings is 1. The van der Waals surface area contributed by atoms with Crippen molar-refractivity contribution in [1.29, 1.82) is 0 Å². The summed E-state index contributed by atoms with van der Waals surface area (Å²) in [5.41, 5.74) is 4.82. The summed E-state index contributed by atoms with van der Waals surface area (Å²) < 4.78 is 0. The van der Waals surface area contributed by atoms with Crippen molar-refractivity contribution >= 4 is 17.5 Å². The van der Waals surface area contributed by atoms with Gasteiger partial charge in [-0.15, -0.1) is 0 Å². The molecule has 1 fully saturated rings. The molecule has 23 heavy (non-hydrogen) atoms. The molecule has 1 saturated heterocycles. The first-order valence-corrected chi connectivity index (χ1v) is 8.13. The molecule has 5 heteroatoms. The van der Waals surface area contributed by atoms with Crippen LogP contribution >= 0.6 is 0 Å². The number of nitrogens with zero attached hydrogens (tertiary/aromatic N) is 4. The van der Waals surface area contributed by atoms with Crippen LogP contribution in [0.3, 0.4) is 0 Å². The standard InChI is InChI=1S/C18H20N4O/c1-12-5-6-14(9-13(12)2)22-11-16-15(17(22)23)10-19-18(20-16)21-7-3-4-8-21/h5-6,9-10H,3-4,7-8,11H2,1-2H3. The summed E-state index contributed by atoms with van der Waals surface area (Å²) in [5.74, 6) is 0.757. The van der Waals surface area contributed by atoms with Gasteiger partial charge >= 0.3 is 0 Å². The topological polar surface area (TPSA) is 49.3 Å². The van der Waals surface area contributed by atoms with E-state index < -0.39 is 0 Å². The zero-order valence-corrected chi connectivity index (χ0v) is 13.5. The molecule has 1 amide bonds. The van der Waals surface area contributed by atoms with Crippen LogP contribution in [0, 0.1) is 13.8 Å². The van der Waals surface area contributed by atoms with Gasteiger partial charge in [0.05, 0.1) is 17.8 Å². The Bertz CT molecular complexity index is 781. The van der Waals surface area contributed by atoms with Crippen LogP contribution < -0.4 is 9.80 Å². The van der Waals surface area contributed by atoms with Crippen molar-refractivity contribution in [2.75, 3.05) is 22.9 Å².